The molecule has 0 radical (unpaired) electrons. The van der Waals surface area contributed by atoms with E-state index in [-0.39, 0.29) is 31.4 Å². The molecule has 0 fully saturated rings. The number of aromatic nitrogens is 3. The number of alkyl halides is 2. The number of carbonyl (C=O) groups is 1. The second kappa shape index (κ2) is 6.83. The number of rotatable bonds is 4. The molecule has 0 unspecified atom stereocenters. The molecule has 2 aromatic rings. The fraction of sp³-hybridized carbons (Fsp3) is 0.400. The van der Waals surface area contributed by atoms with E-state index in [2.05, 4.69) is 5.10 Å². The van der Waals surface area contributed by atoms with Crippen LogP contribution in [0.4, 0.5) is 8.78 Å². The summed E-state index contributed by atoms with van der Waals surface area (Å²) in [5, 5.41) is 4.27. The van der Waals surface area contributed by atoms with Crippen LogP contribution in [0.3, 0.4) is 0 Å². The average Bonchev–Trinajstić information content (AvgIpc) is 2.88. The minimum atomic E-state index is -2.67. The number of nitrogens with zero attached hydrogens (tertiary/aromatic N) is 4. The van der Waals surface area contributed by atoms with Crippen molar-refractivity contribution in [3.63, 3.8) is 0 Å². The molecule has 0 aliphatic carbocycles. The molecular formula is C15H15ClF2N4O3. The lowest BCUT2D eigenvalue weighted by molar-refractivity contribution is 0.0705. The highest BCUT2D eigenvalue weighted by molar-refractivity contribution is 6.31. The third kappa shape index (κ3) is 3.51. The Morgan fingerprint density at radius 1 is 1.36 bits per heavy atom. The van der Waals surface area contributed by atoms with Gasteiger partial charge in [0.2, 0.25) is 0 Å². The van der Waals surface area contributed by atoms with Gasteiger partial charge < -0.3 is 9.64 Å². The highest BCUT2D eigenvalue weighted by Crippen LogP contribution is 2.23. The number of amides is 1. The first-order valence-electron chi connectivity index (χ1n) is 7.47. The fourth-order valence-electron chi connectivity index (χ4n) is 2.71. The van der Waals surface area contributed by atoms with Crippen LogP contribution < -0.4 is 10.4 Å². The topological polar surface area (TPSA) is 69.4 Å². The van der Waals surface area contributed by atoms with Crippen LogP contribution in [0.1, 0.15) is 16.2 Å². The van der Waals surface area contributed by atoms with E-state index in [1.807, 2.05) is 0 Å². The first-order valence-corrected chi connectivity index (χ1v) is 7.85. The van der Waals surface area contributed by atoms with Gasteiger partial charge in [-0.05, 0) is 18.2 Å². The summed E-state index contributed by atoms with van der Waals surface area (Å²) in [5.74, 6) is 0.424. The van der Waals surface area contributed by atoms with Crippen molar-refractivity contribution in [2.24, 2.45) is 0 Å². The van der Waals surface area contributed by atoms with E-state index < -0.39 is 18.7 Å². The minimum absolute atomic E-state index is 0.0547. The molecule has 7 nitrogen and oxygen atoms in total. The van der Waals surface area contributed by atoms with Gasteiger partial charge in [0.1, 0.15) is 12.3 Å². The van der Waals surface area contributed by atoms with Crippen LogP contribution in [0.5, 0.6) is 5.75 Å². The van der Waals surface area contributed by atoms with Gasteiger partial charge in [0.25, 0.3) is 12.3 Å². The van der Waals surface area contributed by atoms with E-state index in [1.165, 1.54) is 22.6 Å². The van der Waals surface area contributed by atoms with Crippen molar-refractivity contribution >= 4 is 17.5 Å². The van der Waals surface area contributed by atoms with Gasteiger partial charge >= 0.3 is 5.69 Å². The normalized spacial score (nSPS) is 13.9. The lowest BCUT2D eigenvalue weighted by atomic mass is 10.1. The van der Waals surface area contributed by atoms with E-state index in [4.69, 9.17) is 16.3 Å². The van der Waals surface area contributed by atoms with E-state index in [0.29, 0.717) is 16.3 Å². The average molecular weight is 373 g/mol. The van der Waals surface area contributed by atoms with Crippen LogP contribution in [0.15, 0.2) is 23.0 Å². The van der Waals surface area contributed by atoms with Gasteiger partial charge in [-0.25, -0.2) is 18.3 Å². The van der Waals surface area contributed by atoms with Crippen molar-refractivity contribution in [3.8, 4) is 5.75 Å². The molecule has 0 saturated heterocycles. The molecule has 1 aromatic carbocycles. The summed E-state index contributed by atoms with van der Waals surface area (Å²) < 4.78 is 32.1. The molecule has 0 N–H and O–H groups in total. The number of methoxy groups -OCH3 is 1. The number of hydrogen-bond acceptors (Lipinski definition) is 4. The summed E-state index contributed by atoms with van der Waals surface area (Å²) >= 11 is 5.98. The van der Waals surface area contributed by atoms with Gasteiger partial charge in [-0.3, -0.25) is 9.36 Å². The quantitative estimate of drug-likeness (QED) is 0.818. The van der Waals surface area contributed by atoms with Crippen LogP contribution in [0.2, 0.25) is 5.02 Å². The van der Waals surface area contributed by atoms with Crippen molar-refractivity contribution in [3.05, 3.63) is 45.1 Å². The van der Waals surface area contributed by atoms with Crippen molar-refractivity contribution in [1.82, 2.24) is 19.2 Å². The molecule has 10 heteroatoms. The van der Waals surface area contributed by atoms with Crippen molar-refractivity contribution in [1.29, 1.82) is 0 Å². The molecule has 134 valence electrons. The van der Waals surface area contributed by atoms with Crippen molar-refractivity contribution < 1.29 is 18.3 Å². The van der Waals surface area contributed by atoms with Crippen molar-refractivity contribution in [2.45, 2.75) is 26.1 Å². The number of fused-ring (bicyclic) bond motifs is 1. The molecule has 0 atom stereocenters. The number of carbonyl (C=O) groups excluding carboxylic acids is 1. The largest absolute Gasteiger partial charge is 0.497 e. The second-order valence-electron chi connectivity index (χ2n) is 5.53. The Morgan fingerprint density at radius 2 is 2.12 bits per heavy atom. The van der Waals surface area contributed by atoms with Gasteiger partial charge in [-0.1, -0.05) is 11.6 Å². The molecule has 1 amide bonds. The molecule has 0 bridgehead atoms. The van der Waals surface area contributed by atoms with E-state index in [1.54, 1.807) is 12.1 Å². The maximum absolute atomic E-state index is 12.7. The standard InChI is InChI=1S/C15H15ClF2N4O3/c1-25-11-5-9(4-10(16)6-11)14(23)20-2-3-21-13(8-20)19-22(15(21)24)7-12(17)18/h4-6,12H,2-3,7-8H2,1H3. The lowest BCUT2D eigenvalue weighted by Gasteiger charge is -2.26. The molecule has 1 aliphatic heterocycles. The minimum Gasteiger partial charge on any atom is -0.497 e. The summed E-state index contributed by atoms with van der Waals surface area (Å²) in [6.07, 6.45) is -2.67. The molecular weight excluding hydrogens is 358 g/mol. The van der Waals surface area contributed by atoms with Gasteiger partial charge in [0, 0.05) is 23.7 Å². The number of benzene rings is 1. The second-order valence-corrected chi connectivity index (χ2v) is 5.97. The van der Waals surface area contributed by atoms with Gasteiger partial charge in [0.15, 0.2) is 5.82 Å². The van der Waals surface area contributed by atoms with Crippen LogP contribution in [-0.2, 0) is 19.6 Å². The van der Waals surface area contributed by atoms with E-state index in [9.17, 15) is 18.4 Å². The number of halogens is 3. The Bertz CT molecular complexity index is 865. The van der Waals surface area contributed by atoms with Crippen LogP contribution in [0, 0.1) is 0 Å². The predicted octanol–water partition coefficient (Wildman–Crippen LogP) is 1.63. The predicted molar refractivity (Wildman–Crippen MR) is 85.2 cm³/mol. The van der Waals surface area contributed by atoms with Gasteiger partial charge in [-0.2, -0.15) is 5.10 Å². The van der Waals surface area contributed by atoms with E-state index >= 15 is 0 Å². The Morgan fingerprint density at radius 3 is 2.80 bits per heavy atom. The van der Waals surface area contributed by atoms with Crippen LogP contribution >= 0.6 is 11.6 Å². The number of hydrogen-bond donors (Lipinski definition) is 0. The maximum atomic E-state index is 12.7. The molecule has 0 spiro atoms. The summed E-state index contributed by atoms with van der Waals surface area (Å²) in [4.78, 5) is 26.2. The molecule has 2 heterocycles. The molecule has 0 saturated carbocycles. The Balaban J connectivity index is 1.84. The van der Waals surface area contributed by atoms with Gasteiger partial charge in [0.05, 0.1) is 13.7 Å². The lowest BCUT2D eigenvalue weighted by Crippen LogP contribution is -2.41. The Hall–Kier alpha value is -2.42. The first-order chi connectivity index (χ1) is 11.9. The maximum Gasteiger partial charge on any atom is 0.346 e. The first kappa shape index (κ1) is 17.4. The summed E-state index contributed by atoms with van der Waals surface area (Å²) in [5.41, 5.74) is -0.251. The third-order valence-corrected chi connectivity index (χ3v) is 4.10. The summed E-state index contributed by atoms with van der Waals surface area (Å²) in [6, 6.07) is 4.66. The number of ether oxygens (including phenoxy) is 1. The molecule has 1 aromatic heterocycles. The summed E-state index contributed by atoms with van der Waals surface area (Å²) in [7, 11) is 1.47. The zero-order valence-electron chi connectivity index (χ0n) is 13.3. The highest BCUT2D eigenvalue weighted by atomic mass is 35.5. The fourth-order valence-corrected chi connectivity index (χ4v) is 2.93. The van der Waals surface area contributed by atoms with Crippen LogP contribution in [-0.4, -0.2) is 45.2 Å². The smallest absolute Gasteiger partial charge is 0.346 e. The Kier molecular flexibility index (Phi) is 4.76. The monoisotopic (exact) mass is 372 g/mol. The third-order valence-electron chi connectivity index (χ3n) is 3.88. The highest BCUT2D eigenvalue weighted by Gasteiger charge is 2.26. The van der Waals surface area contributed by atoms with Crippen molar-refractivity contribution in [2.75, 3.05) is 13.7 Å². The summed E-state index contributed by atoms with van der Waals surface area (Å²) in [6.45, 7) is -0.251. The molecule has 1 aliphatic rings. The zero-order chi connectivity index (χ0) is 18.1. The molecule has 3 rings (SSSR count). The Labute approximate surface area is 146 Å². The molecule has 25 heavy (non-hydrogen) atoms. The van der Waals surface area contributed by atoms with E-state index in [0.717, 1.165) is 4.68 Å². The zero-order valence-corrected chi connectivity index (χ0v) is 14.0. The SMILES string of the molecule is COc1cc(Cl)cc(C(=O)N2CCn3c(nn(CC(F)F)c3=O)C2)c1. The van der Waals surface area contributed by atoms with Crippen LogP contribution in [0.25, 0.3) is 0 Å². The van der Waals surface area contributed by atoms with Gasteiger partial charge in [-0.15, -0.1) is 0 Å².